The van der Waals surface area contributed by atoms with Gasteiger partial charge in [-0.1, -0.05) is 23.2 Å². The van der Waals surface area contributed by atoms with Gasteiger partial charge in [-0.15, -0.1) is 0 Å². The van der Waals surface area contributed by atoms with E-state index in [9.17, 15) is 10.1 Å². The van der Waals surface area contributed by atoms with Crippen molar-refractivity contribution in [3.63, 3.8) is 0 Å². The summed E-state index contributed by atoms with van der Waals surface area (Å²) in [5, 5.41) is 14.8. The van der Waals surface area contributed by atoms with Crippen LogP contribution in [0.5, 0.6) is 11.8 Å². The summed E-state index contributed by atoms with van der Waals surface area (Å²) < 4.78 is 18.7. The Labute approximate surface area is 280 Å². The lowest BCUT2D eigenvalue weighted by Gasteiger charge is -2.36. The fourth-order valence-electron chi connectivity index (χ4n) is 5.06. The number of nitrogens with zero attached hydrogens (tertiary/aromatic N) is 6. The van der Waals surface area contributed by atoms with E-state index in [1.807, 2.05) is 45.8 Å². The van der Waals surface area contributed by atoms with Crippen LogP contribution >= 0.6 is 45.8 Å². The Morgan fingerprint density at radius 3 is 2.55 bits per heavy atom. The number of ether oxygens (including phenoxy) is 3. The normalized spacial score (nSPS) is 15.0. The molecular weight excluding hydrogens is 720 g/mol. The summed E-state index contributed by atoms with van der Waals surface area (Å²) in [6, 6.07) is 5.93. The summed E-state index contributed by atoms with van der Waals surface area (Å²) in [5.74, 6) is 1.10. The molecule has 0 bridgehead atoms. The highest BCUT2D eigenvalue weighted by Gasteiger charge is 2.31. The average Bonchev–Trinajstić information content (AvgIpc) is 2.94. The fraction of sp³-hybridized carbons (Fsp3) is 0.467. The second-order valence-corrected chi connectivity index (χ2v) is 13.6. The molecular formula is C30H34Cl2IN7O4. The SMILES string of the molecule is CN(C)CCOc1nc(N2CCN(C(=O)OC(C)(C)C)CC2)c2cc(Cl)c3c(c2n1)OCCNc1c(C#N)cc(Cl)c(I)c1-3. The third-order valence-electron chi connectivity index (χ3n) is 7.10. The van der Waals surface area contributed by atoms with Crippen LogP contribution in [0.4, 0.5) is 16.3 Å². The number of likely N-dealkylation sites (N-methyl/N-ethyl adjacent to an activating group) is 1. The molecule has 1 aromatic heterocycles. The van der Waals surface area contributed by atoms with Crippen LogP contribution in [0, 0.1) is 14.9 Å². The van der Waals surface area contributed by atoms with Crippen LogP contribution in [0.25, 0.3) is 22.0 Å². The van der Waals surface area contributed by atoms with Crippen molar-refractivity contribution in [1.82, 2.24) is 19.8 Å². The summed E-state index contributed by atoms with van der Waals surface area (Å²) in [4.78, 5) is 28.2. The van der Waals surface area contributed by atoms with Gasteiger partial charge in [-0.25, -0.2) is 4.79 Å². The van der Waals surface area contributed by atoms with E-state index < -0.39 is 5.60 Å². The number of nitriles is 1. The van der Waals surface area contributed by atoms with Crippen LogP contribution in [0.1, 0.15) is 26.3 Å². The van der Waals surface area contributed by atoms with Crippen LogP contribution < -0.4 is 19.7 Å². The van der Waals surface area contributed by atoms with Gasteiger partial charge in [0, 0.05) is 59.4 Å². The minimum atomic E-state index is -0.576. The van der Waals surface area contributed by atoms with E-state index in [-0.39, 0.29) is 12.1 Å². The Morgan fingerprint density at radius 2 is 1.89 bits per heavy atom. The van der Waals surface area contributed by atoms with E-state index in [0.717, 1.165) is 3.57 Å². The molecule has 0 spiro atoms. The van der Waals surface area contributed by atoms with Gasteiger partial charge >= 0.3 is 12.1 Å². The van der Waals surface area contributed by atoms with Gasteiger partial charge in [0.25, 0.3) is 0 Å². The number of carbonyl (C=O) groups excluding carboxylic acids is 1. The summed E-state index contributed by atoms with van der Waals surface area (Å²) in [7, 11) is 3.93. The van der Waals surface area contributed by atoms with E-state index in [1.54, 1.807) is 11.0 Å². The molecule has 0 radical (unpaired) electrons. The molecule has 2 aliphatic rings. The minimum Gasteiger partial charge on any atom is -0.489 e. The highest BCUT2D eigenvalue weighted by molar-refractivity contribution is 14.1. The topological polar surface area (TPSA) is 116 Å². The number of rotatable bonds is 5. The first-order chi connectivity index (χ1) is 20.9. The number of aromatic nitrogens is 2. The molecule has 0 atom stereocenters. The third kappa shape index (κ3) is 6.80. The summed E-state index contributed by atoms with van der Waals surface area (Å²) in [6.45, 7) is 9.32. The van der Waals surface area contributed by atoms with Crippen molar-refractivity contribution < 1.29 is 19.0 Å². The van der Waals surface area contributed by atoms with E-state index >= 15 is 0 Å². The monoisotopic (exact) mass is 753 g/mol. The highest BCUT2D eigenvalue weighted by atomic mass is 127. The first-order valence-corrected chi connectivity index (χ1v) is 16.0. The fourth-order valence-corrected chi connectivity index (χ4v) is 6.25. The lowest BCUT2D eigenvalue weighted by atomic mass is 9.97. The van der Waals surface area contributed by atoms with Gasteiger partial charge in [0.2, 0.25) is 0 Å². The first-order valence-electron chi connectivity index (χ1n) is 14.2. The number of nitrogens with one attached hydrogen (secondary N) is 1. The Hall–Kier alpha value is -2.99. The number of halogens is 3. The summed E-state index contributed by atoms with van der Waals surface area (Å²) >= 11 is 15.8. The Balaban J connectivity index is 1.64. The van der Waals surface area contributed by atoms with E-state index in [0.29, 0.717) is 107 Å². The number of piperazine rings is 1. The zero-order valence-corrected chi connectivity index (χ0v) is 28.9. The molecule has 1 saturated heterocycles. The van der Waals surface area contributed by atoms with Crippen molar-refractivity contribution in [2.75, 3.05) is 76.8 Å². The highest BCUT2D eigenvalue weighted by Crippen LogP contribution is 2.50. The Kier molecular flexibility index (Phi) is 9.69. The maximum absolute atomic E-state index is 12.7. The zero-order chi connectivity index (χ0) is 31.8. The maximum atomic E-state index is 12.7. The van der Waals surface area contributed by atoms with Crippen molar-refractivity contribution >= 4 is 74.3 Å². The molecule has 1 fully saturated rings. The van der Waals surface area contributed by atoms with Gasteiger partial charge in [0.05, 0.1) is 21.3 Å². The second-order valence-electron chi connectivity index (χ2n) is 11.8. The molecule has 0 unspecified atom stereocenters. The van der Waals surface area contributed by atoms with Gasteiger partial charge in [0.15, 0.2) is 5.75 Å². The van der Waals surface area contributed by atoms with Crippen LogP contribution in [0.15, 0.2) is 12.1 Å². The van der Waals surface area contributed by atoms with Crippen LogP contribution in [-0.4, -0.2) is 98.0 Å². The van der Waals surface area contributed by atoms with Crippen molar-refractivity contribution in [1.29, 1.82) is 5.26 Å². The number of carbonyl (C=O) groups is 1. The third-order valence-corrected chi connectivity index (χ3v) is 9.13. The van der Waals surface area contributed by atoms with E-state index in [2.05, 4.69) is 38.9 Å². The molecule has 3 aromatic rings. The van der Waals surface area contributed by atoms with Crippen molar-refractivity contribution in [2.24, 2.45) is 0 Å². The number of benzene rings is 2. The predicted octanol–water partition coefficient (Wildman–Crippen LogP) is 5.88. The number of fused-ring (bicyclic) bond motifs is 5. The molecule has 0 saturated carbocycles. The van der Waals surface area contributed by atoms with E-state index in [1.165, 1.54) is 0 Å². The quantitative estimate of drug-likeness (QED) is 0.317. The first kappa shape index (κ1) is 32.4. The van der Waals surface area contributed by atoms with E-state index in [4.69, 9.17) is 47.4 Å². The molecule has 3 heterocycles. The predicted molar refractivity (Wildman–Crippen MR) is 180 cm³/mol. The van der Waals surface area contributed by atoms with Crippen LogP contribution in [0.2, 0.25) is 10.0 Å². The molecule has 44 heavy (non-hydrogen) atoms. The standard InChI is InChI=1S/C30H34Cl2IN7O4/c1-30(2,3)44-29(41)40-9-7-39(8-10-40)27-18-15-19(31)21-22-23(33)20(32)14-17(16-34)24(22)35-6-12-42-26(21)25(18)36-28(37-27)43-13-11-38(4)5/h14-15,35H,6-13H2,1-5H3. The molecule has 11 nitrogen and oxygen atoms in total. The average molecular weight is 754 g/mol. The van der Waals surface area contributed by atoms with Gasteiger partial charge < -0.3 is 34.2 Å². The molecule has 0 aliphatic carbocycles. The Morgan fingerprint density at radius 1 is 1.16 bits per heavy atom. The molecule has 5 rings (SSSR count). The molecule has 2 aromatic carbocycles. The lowest BCUT2D eigenvalue weighted by molar-refractivity contribution is 0.0240. The second kappa shape index (κ2) is 13.2. The summed E-state index contributed by atoms with van der Waals surface area (Å²) in [5.41, 5.74) is 2.27. The van der Waals surface area contributed by atoms with Crippen LogP contribution in [0.3, 0.4) is 0 Å². The van der Waals surface area contributed by atoms with Crippen LogP contribution in [-0.2, 0) is 4.74 Å². The number of anilines is 2. The molecule has 14 heteroatoms. The molecule has 1 N–H and O–H groups in total. The van der Waals surface area contributed by atoms with Crippen molar-refractivity contribution in [2.45, 2.75) is 26.4 Å². The van der Waals surface area contributed by atoms with Crippen molar-refractivity contribution in [3.8, 4) is 29.0 Å². The minimum absolute atomic E-state index is 0.205. The number of hydrogen-bond acceptors (Lipinski definition) is 10. The zero-order valence-electron chi connectivity index (χ0n) is 25.3. The van der Waals surface area contributed by atoms with Gasteiger partial charge in [-0.2, -0.15) is 15.2 Å². The maximum Gasteiger partial charge on any atom is 0.410 e. The summed E-state index contributed by atoms with van der Waals surface area (Å²) in [6.07, 6.45) is -0.340. The van der Waals surface area contributed by atoms with Gasteiger partial charge in [-0.05, 0) is 69.6 Å². The molecule has 1 amide bonds. The smallest absolute Gasteiger partial charge is 0.410 e. The Bertz CT molecular complexity index is 1630. The number of amides is 1. The largest absolute Gasteiger partial charge is 0.489 e. The van der Waals surface area contributed by atoms with Gasteiger partial charge in [-0.3, -0.25) is 0 Å². The lowest BCUT2D eigenvalue weighted by Crippen LogP contribution is -2.50. The molecule has 234 valence electrons. The van der Waals surface area contributed by atoms with Gasteiger partial charge in [0.1, 0.15) is 36.2 Å². The number of hydrogen-bond donors (Lipinski definition) is 1. The molecule has 2 aliphatic heterocycles. The van der Waals surface area contributed by atoms with Crippen molar-refractivity contribution in [3.05, 3.63) is 31.3 Å².